The molecule has 1 aromatic rings. The van der Waals surface area contributed by atoms with Crippen molar-refractivity contribution in [2.24, 2.45) is 5.92 Å². The zero-order valence-corrected chi connectivity index (χ0v) is 12.9. The number of hydrogen-bond donors (Lipinski definition) is 1. The quantitative estimate of drug-likeness (QED) is 0.833. The van der Waals surface area contributed by atoms with Gasteiger partial charge < -0.3 is 10.2 Å². The van der Waals surface area contributed by atoms with E-state index in [0.717, 1.165) is 25.2 Å². The molecule has 21 heavy (non-hydrogen) atoms. The third-order valence-electron chi connectivity index (χ3n) is 3.76. The molecule has 2 rings (SSSR count). The largest absolute Gasteiger partial charge is 0.446 e. The van der Waals surface area contributed by atoms with Crippen LogP contribution in [-0.4, -0.2) is 37.1 Å². The summed E-state index contributed by atoms with van der Waals surface area (Å²) in [6.07, 6.45) is 2.43. The standard InChI is InChI=1S/C15H21F3N2S/c1-20-8-6-13(7-9-20)11-19-10-12-2-4-14(5-3-12)21-15(16,17)18/h2-5,13,19H,6-11H2,1H3. The molecule has 118 valence electrons. The summed E-state index contributed by atoms with van der Waals surface area (Å²) >= 11 is -0.0689. The van der Waals surface area contributed by atoms with Crippen LogP contribution >= 0.6 is 11.8 Å². The molecule has 1 aromatic carbocycles. The molecule has 0 unspecified atom stereocenters. The minimum Gasteiger partial charge on any atom is -0.312 e. The van der Waals surface area contributed by atoms with E-state index in [-0.39, 0.29) is 16.7 Å². The number of piperidine rings is 1. The number of hydrogen-bond acceptors (Lipinski definition) is 3. The summed E-state index contributed by atoms with van der Waals surface area (Å²) in [5.41, 5.74) is -3.19. The van der Waals surface area contributed by atoms with Crippen molar-refractivity contribution >= 4 is 11.8 Å². The van der Waals surface area contributed by atoms with Crippen LogP contribution in [0.1, 0.15) is 18.4 Å². The van der Waals surface area contributed by atoms with Crippen LogP contribution in [0.2, 0.25) is 0 Å². The molecule has 1 fully saturated rings. The normalized spacial score (nSPS) is 18.1. The minimum absolute atomic E-state index is 0.0689. The molecule has 0 bridgehead atoms. The minimum atomic E-state index is -4.21. The molecule has 0 radical (unpaired) electrons. The van der Waals surface area contributed by atoms with E-state index in [1.165, 1.54) is 25.0 Å². The highest BCUT2D eigenvalue weighted by molar-refractivity contribution is 8.00. The van der Waals surface area contributed by atoms with E-state index in [0.29, 0.717) is 12.5 Å². The molecule has 0 amide bonds. The van der Waals surface area contributed by atoms with Crippen LogP contribution in [0.3, 0.4) is 0 Å². The first-order valence-electron chi connectivity index (χ1n) is 7.16. The number of nitrogens with one attached hydrogen (secondary N) is 1. The number of rotatable bonds is 5. The Balaban J connectivity index is 1.71. The van der Waals surface area contributed by atoms with Gasteiger partial charge in [0.2, 0.25) is 0 Å². The summed E-state index contributed by atoms with van der Waals surface area (Å²) in [5.74, 6) is 0.709. The Morgan fingerprint density at radius 1 is 1.19 bits per heavy atom. The van der Waals surface area contributed by atoms with Crippen molar-refractivity contribution in [1.29, 1.82) is 0 Å². The fourth-order valence-corrected chi connectivity index (χ4v) is 3.04. The maximum Gasteiger partial charge on any atom is 0.446 e. The summed E-state index contributed by atoms with van der Waals surface area (Å²) in [4.78, 5) is 2.58. The van der Waals surface area contributed by atoms with Crippen LogP contribution in [0.25, 0.3) is 0 Å². The average Bonchev–Trinajstić information content (AvgIpc) is 2.41. The van der Waals surface area contributed by atoms with Gasteiger partial charge in [0.25, 0.3) is 0 Å². The summed E-state index contributed by atoms with van der Waals surface area (Å²) in [6.45, 7) is 3.99. The number of alkyl halides is 3. The zero-order chi connectivity index (χ0) is 15.3. The molecule has 0 aliphatic carbocycles. The Hall–Kier alpha value is -0.720. The lowest BCUT2D eigenvalue weighted by atomic mass is 9.97. The SMILES string of the molecule is CN1CCC(CNCc2ccc(SC(F)(F)F)cc2)CC1. The van der Waals surface area contributed by atoms with Crippen LogP contribution in [0.4, 0.5) is 13.2 Å². The van der Waals surface area contributed by atoms with Crippen molar-refractivity contribution < 1.29 is 13.2 Å². The van der Waals surface area contributed by atoms with Crippen LogP contribution in [0.15, 0.2) is 29.2 Å². The average molecular weight is 318 g/mol. The number of likely N-dealkylation sites (tertiary alicyclic amines) is 1. The highest BCUT2D eigenvalue weighted by atomic mass is 32.2. The van der Waals surface area contributed by atoms with Crippen LogP contribution < -0.4 is 5.32 Å². The fraction of sp³-hybridized carbons (Fsp3) is 0.600. The van der Waals surface area contributed by atoms with Gasteiger partial charge in [-0.15, -0.1) is 0 Å². The van der Waals surface area contributed by atoms with Gasteiger partial charge in [0.1, 0.15) is 0 Å². The van der Waals surface area contributed by atoms with E-state index in [1.54, 1.807) is 12.1 Å². The highest BCUT2D eigenvalue weighted by Gasteiger charge is 2.28. The first-order chi connectivity index (χ1) is 9.92. The third kappa shape index (κ3) is 6.28. The van der Waals surface area contributed by atoms with Crippen molar-refractivity contribution in [3.05, 3.63) is 29.8 Å². The lowest BCUT2D eigenvalue weighted by molar-refractivity contribution is -0.0328. The van der Waals surface area contributed by atoms with Gasteiger partial charge in [-0.25, -0.2) is 0 Å². The second-order valence-corrected chi connectivity index (χ2v) is 6.71. The van der Waals surface area contributed by atoms with Crippen molar-refractivity contribution in [2.45, 2.75) is 29.8 Å². The number of thioether (sulfide) groups is 1. The Bertz CT molecular complexity index is 426. The molecule has 1 saturated heterocycles. The third-order valence-corrected chi connectivity index (χ3v) is 4.50. The highest BCUT2D eigenvalue weighted by Crippen LogP contribution is 2.36. The van der Waals surface area contributed by atoms with Gasteiger partial charge in [-0.1, -0.05) is 12.1 Å². The van der Waals surface area contributed by atoms with Gasteiger partial charge in [0.15, 0.2) is 0 Å². The van der Waals surface area contributed by atoms with Crippen LogP contribution in [-0.2, 0) is 6.54 Å². The first kappa shape index (κ1) is 16.6. The predicted octanol–water partition coefficient (Wildman–Crippen LogP) is 3.73. The zero-order valence-electron chi connectivity index (χ0n) is 12.1. The lowest BCUT2D eigenvalue weighted by Gasteiger charge is -2.29. The van der Waals surface area contributed by atoms with Crippen molar-refractivity contribution in [1.82, 2.24) is 10.2 Å². The summed E-state index contributed by atoms with van der Waals surface area (Å²) in [6, 6.07) is 6.58. The van der Waals surface area contributed by atoms with E-state index >= 15 is 0 Å². The Kier molecular flexibility index (Phi) is 5.96. The molecular formula is C15H21F3N2S. The smallest absolute Gasteiger partial charge is 0.312 e. The topological polar surface area (TPSA) is 15.3 Å². The van der Waals surface area contributed by atoms with E-state index < -0.39 is 5.51 Å². The monoisotopic (exact) mass is 318 g/mol. The van der Waals surface area contributed by atoms with Gasteiger partial charge in [-0.2, -0.15) is 13.2 Å². The molecular weight excluding hydrogens is 297 g/mol. The van der Waals surface area contributed by atoms with Gasteiger partial charge in [-0.3, -0.25) is 0 Å². The molecule has 0 aromatic heterocycles. The van der Waals surface area contributed by atoms with Crippen LogP contribution in [0, 0.1) is 5.92 Å². The predicted molar refractivity (Wildman–Crippen MR) is 80.3 cm³/mol. The number of benzene rings is 1. The van der Waals surface area contributed by atoms with Gasteiger partial charge in [0, 0.05) is 11.4 Å². The van der Waals surface area contributed by atoms with Crippen LogP contribution in [0.5, 0.6) is 0 Å². The molecule has 1 heterocycles. The summed E-state index contributed by atoms with van der Waals surface area (Å²) < 4.78 is 36.7. The fourth-order valence-electron chi connectivity index (χ4n) is 2.50. The van der Waals surface area contributed by atoms with Gasteiger partial charge in [-0.05, 0) is 74.9 Å². The van der Waals surface area contributed by atoms with Gasteiger partial charge >= 0.3 is 5.51 Å². The first-order valence-corrected chi connectivity index (χ1v) is 7.98. The van der Waals surface area contributed by atoms with E-state index in [1.807, 2.05) is 0 Å². The molecule has 1 aliphatic heterocycles. The van der Waals surface area contributed by atoms with Crippen molar-refractivity contribution in [3.8, 4) is 0 Å². The molecule has 0 saturated carbocycles. The van der Waals surface area contributed by atoms with Gasteiger partial charge in [0.05, 0.1) is 0 Å². The maximum absolute atomic E-state index is 12.2. The maximum atomic E-state index is 12.2. The Morgan fingerprint density at radius 3 is 2.38 bits per heavy atom. The van der Waals surface area contributed by atoms with E-state index in [2.05, 4.69) is 17.3 Å². The molecule has 1 N–H and O–H groups in total. The molecule has 0 atom stereocenters. The van der Waals surface area contributed by atoms with E-state index in [4.69, 9.17) is 0 Å². The second-order valence-electron chi connectivity index (χ2n) is 5.57. The molecule has 0 spiro atoms. The van der Waals surface area contributed by atoms with Crippen molar-refractivity contribution in [3.63, 3.8) is 0 Å². The summed E-state index contributed by atoms with van der Waals surface area (Å²) in [7, 11) is 2.14. The molecule has 6 heteroatoms. The number of halogens is 3. The molecule has 1 aliphatic rings. The molecule has 2 nitrogen and oxygen atoms in total. The Morgan fingerprint density at radius 2 is 1.81 bits per heavy atom. The van der Waals surface area contributed by atoms with Crippen molar-refractivity contribution in [2.75, 3.05) is 26.7 Å². The Labute approximate surface area is 128 Å². The van der Waals surface area contributed by atoms with E-state index in [9.17, 15) is 13.2 Å². The second kappa shape index (κ2) is 7.51. The summed E-state index contributed by atoms with van der Waals surface area (Å²) in [5, 5.41) is 3.41. The number of nitrogens with zero attached hydrogens (tertiary/aromatic N) is 1. The lowest BCUT2D eigenvalue weighted by Crippen LogP contribution is -2.34.